The van der Waals surface area contributed by atoms with Gasteiger partial charge in [0.2, 0.25) is 10.0 Å². The standard InChI is InChI=1S/C14H22FNO3S/c1-10-5-6-12(15)13(7-10)20(18,19)16-9-14(3,4)8-11(2)17/h5-7,11,16-17H,8-9H2,1-4H3. The Hall–Kier alpha value is -0.980. The zero-order valence-corrected chi connectivity index (χ0v) is 13.1. The Labute approximate surface area is 120 Å². The van der Waals surface area contributed by atoms with Gasteiger partial charge in [-0.15, -0.1) is 0 Å². The third kappa shape index (κ3) is 4.85. The van der Waals surface area contributed by atoms with Crippen LogP contribution < -0.4 is 4.72 Å². The second kappa shape index (κ2) is 6.20. The van der Waals surface area contributed by atoms with E-state index in [4.69, 9.17) is 0 Å². The zero-order valence-electron chi connectivity index (χ0n) is 12.3. The molecule has 1 unspecified atom stereocenters. The minimum atomic E-state index is -3.89. The van der Waals surface area contributed by atoms with Crippen molar-refractivity contribution >= 4 is 10.0 Å². The molecule has 114 valence electrons. The molecule has 20 heavy (non-hydrogen) atoms. The van der Waals surface area contributed by atoms with Crippen LogP contribution in [0.5, 0.6) is 0 Å². The van der Waals surface area contributed by atoms with Crippen molar-refractivity contribution in [2.75, 3.05) is 6.54 Å². The highest BCUT2D eigenvalue weighted by molar-refractivity contribution is 7.89. The molecule has 0 radical (unpaired) electrons. The Morgan fingerprint density at radius 2 is 2.00 bits per heavy atom. The quantitative estimate of drug-likeness (QED) is 0.847. The van der Waals surface area contributed by atoms with Gasteiger partial charge in [-0.2, -0.15) is 0 Å². The number of nitrogens with one attached hydrogen (secondary N) is 1. The van der Waals surface area contributed by atoms with Crippen LogP contribution in [0, 0.1) is 18.2 Å². The fourth-order valence-corrected chi connectivity index (χ4v) is 3.46. The first-order chi connectivity index (χ1) is 9.03. The number of aliphatic hydroxyl groups is 1. The molecule has 0 spiro atoms. The maximum Gasteiger partial charge on any atom is 0.243 e. The van der Waals surface area contributed by atoms with Crippen molar-refractivity contribution in [2.24, 2.45) is 5.41 Å². The topological polar surface area (TPSA) is 66.4 Å². The van der Waals surface area contributed by atoms with Crippen LogP contribution in [0.2, 0.25) is 0 Å². The van der Waals surface area contributed by atoms with Crippen LogP contribution in [0.1, 0.15) is 32.8 Å². The molecule has 0 bridgehead atoms. The molecule has 0 saturated carbocycles. The van der Waals surface area contributed by atoms with Gasteiger partial charge in [0.1, 0.15) is 10.7 Å². The summed E-state index contributed by atoms with van der Waals surface area (Å²) in [7, 11) is -3.89. The fourth-order valence-electron chi connectivity index (χ4n) is 2.06. The third-order valence-electron chi connectivity index (χ3n) is 2.96. The monoisotopic (exact) mass is 303 g/mol. The molecule has 1 rings (SSSR count). The number of hydrogen-bond donors (Lipinski definition) is 2. The van der Waals surface area contributed by atoms with Gasteiger partial charge in [-0.25, -0.2) is 17.5 Å². The molecular weight excluding hydrogens is 281 g/mol. The zero-order chi connectivity index (χ0) is 15.6. The Kier molecular flexibility index (Phi) is 5.29. The highest BCUT2D eigenvalue weighted by Crippen LogP contribution is 2.23. The number of aliphatic hydroxyl groups excluding tert-OH is 1. The van der Waals surface area contributed by atoms with Crippen molar-refractivity contribution in [1.29, 1.82) is 0 Å². The third-order valence-corrected chi connectivity index (χ3v) is 4.38. The molecule has 2 N–H and O–H groups in total. The van der Waals surface area contributed by atoms with Gasteiger partial charge in [0.25, 0.3) is 0 Å². The van der Waals surface area contributed by atoms with Crippen molar-refractivity contribution in [3.63, 3.8) is 0 Å². The van der Waals surface area contributed by atoms with E-state index in [1.165, 1.54) is 12.1 Å². The lowest BCUT2D eigenvalue weighted by Crippen LogP contribution is -2.36. The Balaban J connectivity index is 2.88. The maximum atomic E-state index is 13.6. The number of rotatable bonds is 6. The summed E-state index contributed by atoms with van der Waals surface area (Å²) in [5.74, 6) is -0.767. The first-order valence-corrected chi connectivity index (χ1v) is 7.96. The number of halogens is 1. The van der Waals surface area contributed by atoms with Gasteiger partial charge in [0, 0.05) is 6.54 Å². The van der Waals surface area contributed by atoms with Crippen LogP contribution in [0.4, 0.5) is 4.39 Å². The number of benzene rings is 1. The van der Waals surface area contributed by atoms with E-state index in [0.29, 0.717) is 12.0 Å². The minimum absolute atomic E-state index is 0.133. The number of hydrogen-bond acceptors (Lipinski definition) is 3. The first kappa shape index (κ1) is 17.1. The van der Waals surface area contributed by atoms with Crippen LogP contribution in [0.3, 0.4) is 0 Å². The fraction of sp³-hybridized carbons (Fsp3) is 0.571. The average molecular weight is 303 g/mol. The van der Waals surface area contributed by atoms with E-state index in [1.807, 2.05) is 13.8 Å². The normalized spacial score (nSPS) is 14.3. The average Bonchev–Trinajstić information content (AvgIpc) is 2.28. The van der Waals surface area contributed by atoms with Crippen molar-refractivity contribution in [3.05, 3.63) is 29.6 Å². The molecule has 1 aromatic rings. The van der Waals surface area contributed by atoms with Crippen molar-refractivity contribution in [1.82, 2.24) is 4.72 Å². The van der Waals surface area contributed by atoms with Crippen molar-refractivity contribution in [2.45, 2.75) is 45.1 Å². The Bertz CT molecular complexity index is 568. The number of sulfonamides is 1. The largest absolute Gasteiger partial charge is 0.393 e. The summed E-state index contributed by atoms with van der Waals surface area (Å²) < 4.78 is 40.3. The van der Waals surface area contributed by atoms with E-state index in [2.05, 4.69) is 4.72 Å². The van der Waals surface area contributed by atoms with E-state index in [-0.39, 0.29) is 11.4 Å². The molecule has 1 aromatic carbocycles. The second-order valence-corrected chi connectivity index (χ2v) is 7.71. The van der Waals surface area contributed by atoms with Crippen LogP contribution in [-0.4, -0.2) is 26.2 Å². The van der Waals surface area contributed by atoms with Gasteiger partial charge in [-0.1, -0.05) is 19.9 Å². The summed E-state index contributed by atoms with van der Waals surface area (Å²) in [6.07, 6.45) is -0.0727. The Morgan fingerprint density at radius 3 is 2.55 bits per heavy atom. The molecule has 0 aromatic heterocycles. The minimum Gasteiger partial charge on any atom is -0.393 e. The Morgan fingerprint density at radius 1 is 1.40 bits per heavy atom. The predicted octanol–water partition coefficient (Wildman–Crippen LogP) is 2.21. The van der Waals surface area contributed by atoms with E-state index in [9.17, 15) is 17.9 Å². The van der Waals surface area contributed by atoms with Gasteiger partial charge >= 0.3 is 0 Å². The lowest BCUT2D eigenvalue weighted by atomic mass is 9.87. The smallest absolute Gasteiger partial charge is 0.243 e. The highest BCUT2D eigenvalue weighted by atomic mass is 32.2. The van der Waals surface area contributed by atoms with Gasteiger partial charge in [0.05, 0.1) is 6.10 Å². The summed E-state index contributed by atoms with van der Waals surface area (Å²) in [6, 6.07) is 3.97. The predicted molar refractivity (Wildman–Crippen MR) is 76.4 cm³/mol. The van der Waals surface area contributed by atoms with Crippen molar-refractivity contribution in [3.8, 4) is 0 Å². The molecule has 0 heterocycles. The first-order valence-electron chi connectivity index (χ1n) is 6.47. The summed E-state index contributed by atoms with van der Waals surface area (Å²) in [4.78, 5) is -0.342. The molecule has 0 fully saturated rings. The second-order valence-electron chi connectivity index (χ2n) is 5.98. The number of aryl methyl sites for hydroxylation is 1. The summed E-state index contributed by atoms with van der Waals surface area (Å²) in [5, 5.41) is 9.38. The van der Waals surface area contributed by atoms with Crippen LogP contribution >= 0.6 is 0 Å². The van der Waals surface area contributed by atoms with Gasteiger partial charge in [-0.05, 0) is 43.4 Å². The molecule has 4 nitrogen and oxygen atoms in total. The van der Waals surface area contributed by atoms with E-state index in [1.54, 1.807) is 13.8 Å². The highest BCUT2D eigenvalue weighted by Gasteiger charge is 2.25. The van der Waals surface area contributed by atoms with E-state index in [0.717, 1.165) is 6.07 Å². The van der Waals surface area contributed by atoms with Crippen LogP contribution in [0.15, 0.2) is 23.1 Å². The lowest BCUT2D eigenvalue weighted by molar-refractivity contribution is 0.131. The molecular formula is C14H22FNO3S. The molecule has 0 aliphatic rings. The molecule has 0 amide bonds. The van der Waals surface area contributed by atoms with E-state index >= 15 is 0 Å². The maximum absolute atomic E-state index is 13.6. The summed E-state index contributed by atoms with van der Waals surface area (Å²) in [6.45, 7) is 7.17. The molecule has 1 atom stereocenters. The van der Waals surface area contributed by atoms with Crippen LogP contribution in [-0.2, 0) is 10.0 Å². The molecule has 0 saturated heterocycles. The van der Waals surface area contributed by atoms with Crippen molar-refractivity contribution < 1.29 is 17.9 Å². The van der Waals surface area contributed by atoms with Gasteiger partial charge < -0.3 is 5.11 Å². The van der Waals surface area contributed by atoms with E-state index < -0.39 is 27.4 Å². The van der Waals surface area contributed by atoms with Crippen LogP contribution in [0.25, 0.3) is 0 Å². The molecule has 0 aliphatic heterocycles. The van der Waals surface area contributed by atoms with Gasteiger partial charge in [0.15, 0.2) is 0 Å². The molecule has 0 aliphatic carbocycles. The lowest BCUT2D eigenvalue weighted by Gasteiger charge is -2.26. The van der Waals surface area contributed by atoms with Gasteiger partial charge in [-0.3, -0.25) is 0 Å². The summed E-state index contributed by atoms with van der Waals surface area (Å²) >= 11 is 0. The molecule has 6 heteroatoms. The SMILES string of the molecule is Cc1ccc(F)c(S(=O)(=O)NCC(C)(C)CC(C)O)c1. The summed E-state index contributed by atoms with van der Waals surface area (Å²) in [5.41, 5.74) is 0.261.